The number of carbonyl (C=O) groups excluding carboxylic acids is 1. The second-order valence-electron chi connectivity index (χ2n) is 5.43. The van der Waals surface area contributed by atoms with Crippen LogP contribution in [-0.4, -0.2) is 42.7 Å². The minimum Gasteiger partial charge on any atom is -0.496 e. The van der Waals surface area contributed by atoms with Crippen molar-refractivity contribution in [1.82, 2.24) is 4.90 Å². The molecule has 0 unspecified atom stereocenters. The predicted octanol–water partition coefficient (Wildman–Crippen LogP) is 3.62. The van der Waals surface area contributed by atoms with E-state index in [9.17, 15) is 23.1 Å². The molecule has 0 saturated carbocycles. The largest absolute Gasteiger partial charge is 0.573 e. The number of ether oxygens (including phenoxy) is 2. The number of urea groups is 1. The number of methoxy groups -OCH3 is 1. The molecule has 0 radical (unpaired) electrons. The topological polar surface area (TPSA) is 71.0 Å². The van der Waals surface area contributed by atoms with Crippen molar-refractivity contribution in [2.45, 2.75) is 12.9 Å². The Balaban J connectivity index is 2.18. The highest BCUT2D eigenvalue weighted by Crippen LogP contribution is 2.30. The van der Waals surface area contributed by atoms with Crippen LogP contribution in [0.25, 0.3) is 0 Å². The van der Waals surface area contributed by atoms with E-state index < -0.39 is 18.1 Å². The molecule has 0 aliphatic rings. The van der Waals surface area contributed by atoms with Gasteiger partial charge >= 0.3 is 12.4 Å². The molecule has 27 heavy (non-hydrogen) atoms. The van der Waals surface area contributed by atoms with Crippen LogP contribution in [0.2, 0.25) is 0 Å². The summed E-state index contributed by atoms with van der Waals surface area (Å²) in [4.78, 5) is 13.8. The molecule has 0 fully saturated rings. The zero-order chi connectivity index (χ0) is 19.9. The first-order valence-electron chi connectivity index (χ1n) is 7.97. The number of nitrogens with zero attached hydrogens (tertiary/aromatic N) is 1. The Morgan fingerprint density at radius 2 is 1.74 bits per heavy atom. The van der Waals surface area contributed by atoms with Crippen molar-refractivity contribution >= 4 is 11.7 Å². The number of carbonyl (C=O) groups is 1. The van der Waals surface area contributed by atoms with Gasteiger partial charge in [-0.15, -0.1) is 13.2 Å². The van der Waals surface area contributed by atoms with E-state index in [2.05, 4.69) is 10.1 Å². The smallest absolute Gasteiger partial charge is 0.496 e. The Kier molecular flexibility index (Phi) is 6.89. The van der Waals surface area contributed by atoms with Crippen LogP contribution in [0.4, 0.5) is 23.7 Å². The third kappa shape index (κ3) is 6.07. The van der Waals surface area contributed by atoms with E-state index in [4.69, 9.17) is 4.74 Å². The molecule has 2 N–H and O–H groups in total. The van der Waals surface area contributed by atoms with Crippen LogP contribution in [0.5, 0.6) is 11.5 Å². The van der Waals surface area contributed by atoms with E-state index in [0.717, 1.165) is 6.07 Å². The number of amides is 2. The number of alkyl halides is 3. The number of halogens is 3. The summed E-state index contributed by atoms with van der Waals surface area (Å²) in [6.07, 6.45) is -4.89. The minimum absolute atomic E-state index is 0.0217. The number of aliphatic hydroxyl groups is 1. The predicted molar refractivity (Wildman–Crippen MR) is 92.6 cm³/mol. The first-order valence-corrected chi connectivity index (χ1v) is 7.97. The highest BCUT2D eigenvalue weighted by molar-refractivity contribution is 5.91. The lowest BCUT2D eigenvalue weighted by Crippen LogP contribution is -2.36. The van der Waals surface area contributed by atoms with Crippen LogP contribution >= 0.6 is 0 Å². The monoisotopic (exact) mass is 384 g/mol. The summed E-state index contributed by atoms with van der Waals surface area (Å²) >= 11 is 0. The number of hydrogen-bond acceptors (Lipinski definition) is 4. The molecular formula is C18H19F3N2O4. The van der Waals surface area contributed by atoms with Crippen molar-refractivity contribution in [2.75, 3.05) is 25.6 Å². The Labute approximate surface area is 154 Å². The lowest BCUT2D eigenvalue weighted by atomic mass is 10.2. The van der Waals surface area contributed by atoms with Crippen LogP contribution in [-0.2, 0) is 6.54 Å². The van der Waals surface area contributed by atoms with Gasteiger partial charge in [0, 0.05) is 12.1 Å². The van der Waals surface area contributed by atoms with Crippen molar-refractivity contribution in [3.63, 3.8) is 0 Å². The minimum atomic E-state index is -4.89. The summed E-state index contributed by atoms with van der Waals surface area (Å²) in [5, 5.41) is 11.6. The number of anilines is 1. The van der Waals surface area contributed by atoms with E-state index >= 15 is 0 Å². The number of rotatable bonds is 7. The Bertz CT molecular complexity index is 768. The summed E-state index contributed by atoms with van der Waals surface area (Å²) in [5.41, 5.74) is 0.547. The summed E-state index contributed by atoms with van der Waals surface area (Å²) in [7, 11) is 1.49. The van der Waals surface area contributed by atoms with Gasteiger partial charge < -0.3 is 24.8 Å². The number of para-hydroxylation sites is 3. The lowest BCUT2D eigenvalue weighted by molar-refractivity contribution is -0.274. The third-order valence-corrected chi connectivity index (χ3v) is 3.57. The Morgan fingerprint density at radius 3 is 2.37 bits per heavy atom. The normalized spacial score (nSPS) is 11.0. The molecule has 0 bridgehead atoms. The molecule has 9 heteroatoms. The fourth-order valence-corrected chi connectivity index (χ4v) is 2.39. The number of aliphatic hydroxyl groups excluding tert-OH is 1. The van der Waals surface area contributed by atoms with E-state index in [-0.39, 0.29) is 25.4 Å². The number of benzene rings is 2. The standard InChI is InChI=1S/C18H19F3N2O4/c1-26-15-8-4-2-6-13(15)12-23(10-11-24)17(25)22-14-7-3-5-9-16(14)27-18(19,20)21/h2-9,24H,10-12H2,1H3,(H,22,25). The van der Waals surface area contributed by atoms with Crippen LogP contribution in [0.3, 0.4) is 0 Å². The van der Waals surface area contributed by atoms with E-state index in [1.54, 1.807) is 24.3 Å². The van der Waals surface area contributed by atoms with Gasteiger partial charge in [0.05, 0.1) is 25.9 Å². The van der Waals surface area contributed by atoms with Crippen LogP contribution < -0.4 is 14.8 Å². The maximum atomic E-state index is 12.6. The van der Waals surface area contributed by atoms with Crippen molar-refractivity contribution < 1.29 is 32.5 Å². The van der Waals surface area contributed by atoms with Gasteiger partial charge in [0.2, 0.25) is 0 Å². The van der Waals surface area contributed by atoms with Gasteiger partial charge in [0.1, 0.15) is 5.75 Å². The molecule has 0 spiro atoms. The summed E-state index contributed by atoms with van der Waals surface area (Å²) in [5.74, 6) is 0.0219. The Morgan fingerprint density at radius 1 is 1.11 bits per heavy atom. The first-order chi connectivity index (χ1) is 12.8. The maximum absolute atomic E-state index is 12.6. The van der Waals surface area contributed by atoms with Gasteiger partial charge in [-0.3, -0.25) is 0 Å². The quantitative estimate of drug-likeness (QED) is 0.765. The average molecular weight is 384 g/mol. The second kappa shape index (κ2) is 9.13. The van der Waals surface area contributed by atoms with Gasteiger partial charge in [-0.05, 0) is 18.2 Å². The lowest BCUT2D eigenvalue weighted by Gasteiger charge is -2.24. The van der Waals surface area contributed by atoms with Crippen molar-refractivity contribution in [1.29, 1.82) is 0 Å². The van der Waals surface area contributed by atoms with E-state index in [0.29, 0.717) is 11.3 Å². The highest BCUT2D eigenvalue weighted by Gasteiger charge is 2.32. The van der Waals surface area contributed by atoms with Crippen molar-refractivity contribution in [2.24, 2.45) is 0 Å². The molecule has 2 amide bonds. The second-order valence-corrected chi connectivity index (χ2v) is 5.43. The van der Waals surface area contributed by atoms with Crippen LogP contribution in [0.1, 0.15) is 5.56 Å². The molecule has 2 aromatic carbocycles. The van der Waals surface area contributed by atoms with Crippen LogP contribution in [0.15, 0.2) is 48.5 Å². The molecule has 6 nitrogen and oxygen atoms in total. The van der Waals surface area contributed by atoms with Gasteiger partial charge in [0.25, 0.3) is 0 Å². The zero-order valence-corrected chi connectivity index (χ0v) is 14.5. The van der Waals surface area contributed by atoms with E-state index in [1.807, 2.05) is 0 Å². The Hall–Kier alpha value is -2.94. The first kappa shape index (κ1) is 20.4. The van der Waals surface area contributed by atoms with Gasteiger partial charge in [0.15, 0.2) is 5.75 Å². The fourth-order valence-electron chi connectivity index (χ4n) is 2.39. The fraction of sp³-hybridized carbons (Fsp3) is 0.278. The molecule has 146 valence electrons. The van der Waals surface area contributed by atoms with Crippen molar-refractivity contribution in [3.8, 4) is 11.5 Å². The molecule has 0 aromatic heterocycles. The molecule has 0 saturated heterocycles. The molecule has 2 rings (SSSR count). The molecule has 0 heterocycles. The summed E-state index contributed by atoms with van der Waals surface area (Å²) in [6.45, 7) is -0.242. The van der Waals surface area contributed by atoms with E-state index in [1.165, 1.54) is 30.2 Å². The SMILES string of the molecule is COc1ccccc1CN(CCO)C(=O)Nc1ccccc1OC(F)(F)F. The third-order valence-electron chi connectivity index (χ3n) is 3.57. The molecular weight excluding hydrogens is 365 g/mol. The highest BCUT2D eigenvalue weighted by atomic mass is 19.4. The van der Waals surface area contributed by atoms with Gasteiger partial charge in [-0.2, -0.15) is 0 Å². The van der Waals surface area contributed by atoms with Crippen LogP contribution in [0, 0.1) is 0 Å². The average Bonchev–Trinajstić information content (AvgIpc) is 2.62. The molecule has 0 aliphatic heterocycles. The molecule has 2 aromatic rings. The number of nitrogens with one attached hydrogen (secondary N) is 1. The van der Waals surface area contributed by atoms with Crippen molar-refractivity contribution in [3.05, 3.63) is 54.1 Å². The molecule has 0 aliphatic carbocycles. The summed E-state index contributed by atoms with van der Waals surface area (Å²) in [6, 6.07) is 11.5. The van der Waals surface area contributed by atoms with Gasteiger partial charge in [-0.1, -0.05) is 30.3 Å². The molecule has 0 atom stereocenters. The zero-order valence-electron chi connectivity index (χ0n) is 14.5. The van der Waals surface area contributed by atoms with Gasteiger partial charge in [-0.25, -0.2) is 4.79 Å². The maximum Gasteiger partial charge on any atom is 0.573 e. The summed E-state index contributed by atoms with van der Waals surface area (Å²) < 4.78 is 46.7. The number of hydrogen-bond donors (Lipinski definition) is 2.